The highest BCUT2D eigenvalue weighted by Crippen LogP contribution is 2.11. The van der Waals surface area contributed by atoms with E-state index < -0.39 is 0 Å². The van der Waals surface area contributed by atoms with Gasteiger partial charge in [-0.1, -0.05) is 48.0 Å². The van der Waals surface area contributed by atoms with Crippen LogP contribution in [0.3, 0.4) is 0 Å². The molecule has 0 saturated heterocycles. The number of carbonyl (C=O) groups excluding carboxylic acids is 1. The monoisotopic (exact) mass is 281 g/mol. The highest BCUT2D eigenvalue weighted by atomic mass is 16.1. The molecule has 0 aliphatic carbocycles. The fourth-order valence-electron chi connectivity index (χ4n) is 2.47. The SMILES string of the molecule is Cc1ccc(C(=O)NC(C)CCc2ccccc2)c(C)c1. The van der Waals surface area contributed by atoms with Crippen molar-refractivity contribution < 1.29 is 4.79 Å². The molecule has 0 aliphatic heterocycles. The number of rotatable bonds is 5. The number of hydrogen-bond donors (Lipinski definition) is 1. The van der Waals surface area contributed by atoms with Gasteiger partial charge in [0.05, 0.1) is 0 Å². The average Bonchev–Trinajstić information content (AvgIpc) is 2.46. The van der Waals surface area contributed by atoms with Gasteiger partial charge in [0.25, 0.3) is 5.91 Å². The maximum absolute atomic E-state index is 12.3. The predicted octanol–water partition coefficient (Wildman–Crippen LogP) is 4.05. The van der Waals surface area contributed by atoms with E-state index in [0.717, 1.165) is 24.0 Å². The summed E-state index contributed by atoms with van der Waals surface area (Å²) < 4.78 is 0. The summed E-state index contributed by atoms with van der Waals surface area (Å²) in [5, 5.41) is 3.09. The molecular weight excluding hydrogens is 258 g/mol. The fourth-order valence-corrected chi connectivity index (χ4v) is 2.47. The first-order valence-corrected chi connectivity index (χ1v) is 7.48. The summed E-state index contributed by atoms with van der Waals surface area (Å²) in [6, 6.07) is 16.5. The van der Waals surface area contributed by atoms with Crippen LogP contribution in [0, 0.1) is 13.8 Å². The molecule has 0 fully saturated rings. The Balaban J connectivity index is 1.90. The number of benzene rings is 2. The Bertz CT molecular complexity index is 604. The second-order valence-electron chi connectivity index (χ2n) is 5.72. The Hall–Kier alpha value is -2.09. The van der Waals surface area contributed by atoms with Crippen molar-refractivity contribution in [2.24, 2.45) is 0 Å². The van der Waals surface area contributed by atoms with Crippen molar-refractivity contribution in [1.29, 1.82) is 0 Å². The highest BCUT2D eigenvalue weighted by Gasteiger charge is 2.12. The zero-order valence-corrected chi connectivity index (χ0v) is 13.0. The predicted molar refractivity (Wildman–Crippen MR) is 87.6 cm³/mol. The van der Waals surface area contributed by atoms with Crippen molar-refractivity contribution in [1.82, 2.24) is 5.32 Å². The van der Waals surface area contributed by atoms with E-state index in [1.165, 1.54) is 11.1 Å². The number of hydrogen-bond acceptors (Lipinski definition) is 1. The van der Waals surface area contributed by atoms with Gasteiger partial charge in [-0.3, -0.25) is 4.79 Å². The standard InChI is InChI=1S/C19H23NO/c1-14-9-12-18(15(2)13-14)19(21)20-16(3)10-11-17-7-5-4-6-8-17/h4-9,12-13,16H,10-11H2,1-3H3,(H,20,21). The molecule has 0 heterocycles. The molecule has 110 valence electrons. The first kappa shape index (κ1) is 15.3. The third-order valence-electron chi connectivity index (χ3n) is 3.71. The van der Waals surface area contributed by atoms with Crippen LogP contribution in [0.15, 0.2) is 48.5 Å². The molecule has 0 aliphatic rings. The molecule has 1 atom stereocenters. The lowest BCUT2D eigenvalue weighted by Crippen LogP contribution is -2.33. The Morgan fingerprint density at radius 2 is 1.81 bits per heavy atom. The second kappa shape index (κ2) is 7.07. The van der Waals surface area contributed by atoms with Crippen LogP contribution in [-0.4, -0.2) is 11.9 Å². The zero-order valence-electron chi connectivity index (χ0n) is 13.0. The van der Waals surface area contributed by atoms with Crippen LogP contribution in [0.5, 0.6) is 0 Å². The van der Waals surface area contributed by atoms with E-state index in [-0.39, 0.29) is 11.9 Å². The first-order chi connectivity index (χ1) is 10.1. The van der Waals surface area contributed by atoms with Crippen LogP contribution in [-0.2, 0) is 6.42 Å². The van der Waals surface area contributed by atoms with Crippen molar-refractivity contribution in [3.63, 3.8) is 0 Å². The van der Waals surface area contributed by atoms with Gasteiger partial charge in [0, 0.05) is 11.6 Å². The van der Waals surface area contributed by atoms with Gasteiger partial charge in [-0.15, -0.1) is 0 Å². The van der Waals surface area contributed by atoms with Crippen molar-refractivity contribution in [2.75, 3.05) is 0 Å². The molecule has 0 radical (unpaired) electrons. The second-order valence-corrected chi connectivity index (χ2v) is 5.72. The molecular formula is C19H23NO. The number of amides is 1. The fraction of sp³-hybridized carbons (Fsp3) is 0.316. The summed E-state index contributed by atoms with van der Waals surface area (Å²) in [5.74, 6) is 0.0214. The molecule has 2 aromatic carbocycles. The quantitative estimate of drug-likeness (QED) is 0.880. The van der Waals surface area contributed by atoms with Gasteiger partial charge in [0.2, 0.25) is 0 Å². The van der Waals surface area contributed by atoms with E-state index in [1.54, 1.807) is 0 Å². The maximum Gasteiger partial charge on any atom is 0.251 e. The molecule has 21 heavy (non-hydrogen) atoms. The van der Waals surface area contributed by atoms with Gasteiger partial charge in [-0.2, -0.15) is 0 Å². The van der Waals surface area contributed by atoms with Crippen LogP contribution in [0.25, 0.3) is 0 Å². The third kappa shape index (κ3) is 4.45. The molecule has 0 bridgehead atoms. The third-order valence-corrected chi connectivity index (χ3v) is 3.71. The number of carbonyl (C=O) groups is 1. The van der Waals surface area contributed by atoms with Crippen LogP contribution in [0.1, 0.15) is 40.4 Å². The minimum absolute atomic E-state index is 0.0214. The lowest BCUT2D eigenvalue weighted by Gasteiger charge is -2.15. The minimum Gasteiger partial charge on any atom is -0.350 e. The van der Waals surface area contributed by atoms with Crippen molar-refractivity contribution in [3.8, 4) is 0 Å². The molecule has 1 amide bonds. The van der Waals surface area contributed by atoms with Crippen molar-refractivity contribution in [3.05, 3.63) is 70.8 Å². The van der Waals surface area contributed by atoms with Gasteiger partial charge in [-0.05, 0) is 50.8 Å². The van der Waals surface area contributed by atoms with Gasteiger partial charge in [0.1, 0.15) is 0 Å². The van der Waals surface area contributed by atoms with Gasteiger partial charge >= 0.3 is 0 Å². The largest absolute Gasteiger partial charge is 0.350 e. The molecule has 0 spiro atoms. The molecule has 0 saturated carbocycles. The van der Waals surface area contributed by atoms with Crippen LogP contribution >= 0.6 is 0 Å². The van der Waals surface area contributed by atoms with Crippen molar-refractivity contribution in [2.45, 2.75) is 39.7 Å². The normalized spacial score (nSPS) is 12.0. The highest BCUT2D eigenvalue weighted by molar-refractivity contribution is 5.95. The summed E-state index contributed by atoms with van der Waals surface area (Å²) in [6.07, 6.45) is 1.93. The smallest absolute Gasteiger partial charge is 0.251 e. The average molecular weight is 281 g/mol. The Kier molecular flexibility index (Phi) is 5.15. The molecule has 2 rings (SSSR count). The molecule has 1 N–H and O–H groups in total. The van der Waals surface area contributed by atoms with E-state index in [1.807, 2.05) is 50.2 Å². The molecule has 2 heteroatoms. The zero-order chi connectivity index (χ0) is 15.2. The van der Waals surface area contributed by atoms with E-state index in [0.29, 0.717) is 0 Å². The minimum atomic E-state index is 0.0214. The Morgan fingerprint density at radius 1 is 1.10 bits per heavy atom. The molecule has 2 nitrogen and oxygen atoms in total. The molecule has 2 aromatic rings. The lowest BCUT2D eigenvalue weighted by atomic mass is 10.0. The summed E-state index contributed by atoms with van der Waals surface area (Å²) in [6.45, 7) is 6.08. The lowest BCUT2D eigenvalue weighted by molar-refractivity contribution is 0.0938. The number of nitrogens with one attached hydrogen (secondary N) is 1. The summed E-state index contributed by atoms with van der Waals surface area (Å²) in [4.78, 5) is 12.3. The molecule has 0 aromatic heterocycles. The Labute approximate surface area is 127 Å². The van der Waals surface area contributed by atoms with Crippen molar-refractivity contribution >= 4 is 5.91 Å². The van der Waals surface area contributed by atoms with Gasteiger partial charge in [-0.25, -0.2) is 0 Å². The summed E-state index contributed by atoms with van der Waals surface area (Å²) in [5.41, 5.74) is 4.29. The van der Waals surface area contributed by atoms with E-state index >= 15 is 0 Å². The van der Waals surface area contributed by atoms with Gasteiger partial charge < -0.3 is 5.32 Å². The van der Waals surface area contributed by atoms with E-state index in [9.17, 15) is 4.79 Å². The molecule has 1 unspecified atom stereocenters. The summed E-state index contributed by atoms with van der Waals surface area (Å²) >= 11 is 0. The topological polar surface area (TPSA) is 29.1 Å². The maximum atomic E-state index is 12.3. The van der Waals surface area contributed by atoms with Crippen LogP contribution in [0.2, 0.25) is 0 Å². The van der Waals surface area contributed by atoms with E-state index in [4.69, 9.17) is 0 Å². The first-order valence-electron chi connectivity index (χ1n) is 7.48. The van der Waals surface area contributed by atoms with Crippen LogP contribution < -0.4 is 5.32 Å². The summed E-state index contributed by atoms with van der Waals surface area (Å²) in [7, 11) is 0. The van der Waals surface area contributed by atoms with Crippen LogP contribution in [0.4, 0.5) is 0 Å². The van der Waals surface area contributed by atoms with E-state index in [2.05, 4.69) is 24.4 Å². The van der Waals surface area contributed by atoms with Gasteiger partial charge in [0.15, 0.2) is 0 Å². The number of aryl methyl sites for hydroxylation is 3. The Morgan fingerprint density at radius 3 is 2.48 bits per heavy atom.